The van der Waals surface area contributed by atoms with Crippen LogP contribution in [0.3, 0.4) is 0 Å². The molecule has 0 unspecified atom stereocenters. The monoisotopic (exact) mass is 416 g/mol. The SMILES string of the molecule is CC(C)(C)OC(=O)CN(C[C@@H]1CN(Cc2ccccc2)CCO1)C(=O)C(F)(F)F. The van der Waals surface area contributed by atoms with Gasteiger partial charge in [-0.25, -0.2) is 0 Å². The molecule has 0 aromatic heterocycles. The molecule has 9 heteroatoms. The first-order valence-corrected chi connectivity index (χ1v) is 9.40. The highest BCUT2D eigenvalue weighted by Gasteiger charge is 2.44. The molecule has 1 saturated heterocycles. The number of rotatable bonds is 6. The number of benzene rings is 1. The zero-order valence-corrected chi connectivity index (χ0v) is 16.9. The van der Waals surface area contributed by atoms with Gasteiger partial charge >= 0.3 is 18.1 Å². The van der Waals surface area contributed by atoms with Gasteiger partial charge in [0.2, 0.25) is 0 Å². The molecule has 0 saturated carbocycles. The van der Waals surface area contributed by atoms with Crippen LogP contribution in [-0.2, 0) is 25.6 Å². The molecule has 1 atom stereocenters. The fourth-order valence-corrected chi connectivity index (χ4v) is 3.05. The minimum absolute atomic E-state index is 0.331. The van der Waals surface area contributed by atoms with Gasteiger partial charge in [0, 0.05) is 26.2 Å². The Hall–Kier alpha value is -2.13. The van der Waals surface area contributed by atoms with Crippen LogP contribution in [0.5, 0.6) is 0 Å². The number of halogens is 3. The second kappa shape index (κ2) is 9.58. The fourth-order valence-electron chi connectivity index (χ4n) is 3.05. The third kappa shape index (κ3) is 8.02. The highest BCUT2D eigenvalue weighted by Crippen LogP contribution is 2.20. The van der Waals surface area contributed by atoms with Crippen LogP contribution in [0.2, 0.25) is 0 Å². The van der Waals surface area contributed by atoms with Gasteiger partial charge in [-0.1, -0.05) is 30.3 Å². The summed E-state index contributed by atoms with van der Waals surface area (Å²) in [5, 5.41) is 0. The summed E-state index contributed by atoms with van der Waals surface area (Å²) in [7, 11) is 0. The number of carbonyl (C=O) groups is 2. The van der Waals surface area contributed by atoms with E-state index in [0.29, 0.717) is 31.1 Å². The Balaban J connectivity index is 2.02. The van der Waals surface area contributed by atoms with E-state index >= 15 is 0 Å². The predicted molar refractivity (Wildman–Crippen MR) is 99.9 cm³/mol. The zero-order valence-electron chi connectivity index (χ0n) is 16.9. The Kier molecular flexibility index (Phi) is 7.65. The Morgan fingerprint density at radius 2 is 1.86 bits per heavy atom. The quantitative estimate of drug-likeness (QED) is 0.668. The summed E-state index contributed by atoms with van der Waals surface area (Å²) in [5.41, 5.74) is 0.211. The zero-order chi connectivity index (χ0) is 21.7. The third-order valence-electron chi connectivity index (χ3n) is 4.17. The van der Waals surface area contributed by atoms with Gasteiger partial charge in [0.1, 0.15) is 12.1 Å². The van der Waals surface area contributed by atoms with Gasteiger partial charge in [-0.05, 0) is 26.3 Å². The number of morpholine rings is 1. The van der Waals surface area contributed by atoms with Crippen molar-refractivity contribution in [1.82, 2.24) is 9.80 Å². The van der Waals surface area contributed by atoms with Crippen molar-refractivity contribution in [3.63, 3.8) is 0 Å². The molecular formula is C20H27F3N2O4. The van der Waals surface area contributed by atoms with Crippen molar-refractivity contribution in [2.24, 2.45) is 0 Å². The predicted octanol–water partition coefficient (Wildman–Crippen LogP) is 2.62. The summed E-state index contributed by atoms with van der Waals surface area (Å²) in [4.78, 5) is 26.4. The Morgan fingerprint density at radius 3 is 2.45 bits per heavy atom. The third-order valence-corrected chi connectivity index (χ3v) is 4.17. The summed E-state index contributed by atoms with van der Waals surface area (Å²) < 4.78 is 49.7. The van der Waals surface area contributed by atoms with Crippen LogP contribution in [0.1, 0.15) is 26.3 Å². The van der Waals surface area contributed by atoms with Gasteiger partial charge < -0.3 is 14.4 Å². The molecule has 1 aliphatic heterocycles. The van der Waals surface area contributed by atoms with E-state index in [1.54, 1.807) is 20.8 Å². The lowest BCUT2D eigenvalue weighted by Crippen LogP contribution is -2.52. The molecule has 162 valence electrons. The first-order valence-electron chi connectivity index (χ1n) is 9.40. The Bertz CT molecular complexity index is 689. The molecule has 1 fully saturated rings. The standard InChI is InChI=1S/C20H27F3N2O4/c1-19(2,3)29-17(26)14-25(18(27)20(21,22)23)13-16-12-24(9-10-28-16)11-15-7-5-4-6-8-15/h4-8,16H,9-14H2,1-3H3/t16-/m0/s1. The molecule has 29 heavy (non-hydrogen) atoms. The first kappa shape index (κ1) is 23.2. The minimum Gasteiger partial charge on any atom is -0.459 e. The van der Waals surface area contributed by atoms with Gasteiger partial charge in [0.25, 0.3) is 0 Å². The molecule has 0 aliphatic carbocycles. The van der Waals surface area contributed by atoms with Gasteiger partial charge in [0.05, 0.1) is 12.7 Å². The molecule has 1 aliphatic rings. The van der Waals surface area contributed by atoms with Crippen molar-refractivity contribution < 1.29 is 32.2 Å². The van der Waals surface area contributed by atoms with Crippen LogP contribution in [0, 0.1) is 0 Å². The maximum Gasteiger partial charge on any atom is 0.471 e. The fraction of sp³-hybridized carbons (Fsp3) is 0.600. The molecule has 2 rings (SSSR count). The number of alkyl halides is 3. The van der Waals surface area contributed by atoms with Crippen LogP contribution in [0.4, 0.5) is 13.2 Å². The maximum absolute atomic E-state index is 13.0. The van der Waals surface area contributed by atoms with E-state index in [1.807, 2.05) is 35.2 Å². The van der Waals surface area contributed by atoms with E-state index in [4.69, 9.17) is 9.47 Å². The molecule has 0 spiro atoms. The summed E-state index contributed by atoms with van der Waals surface area (Å²) in [5.74, 6) is -2.97. The van der Waals surface area contributed by atoms with Crippen LogP contribution in [0.15, 0.2) is 30.3 Å². The van der Waals surface area contributed by atoms with Crippen LogP contribution >= 0.6 is 0 Å². The number of carbonyl (C=O) groups excluding carboxylic acids is 2. The lowest BCUT2D eigenvalue weighted by atomic mass is 10.2. The number of hydrogen-bond donors (Lipinski definition) is 0. The largest absolute Gasteiger partial charge is 0.471 e. The average molecular weight is 416 g/mol. The molecule has 1 amide bonds. The number of esters is 1. The van der Waals surface area contributed by atoms with Crippen molar-refractivity contribution >= 4 is 11.9 Å². The molecule has 0 bridgehead atoms. The smallest absolute Gasteiger partial charge is 0.459 e. The van der Waals surface area contributed by atoms with Gasteiger partial charge in [-0.3, -0.25) is 14.5 Å². The number of hydrogen-bond acceptors (Lipinski definition) is 5. The number of ether oxygens (including phenoxy) is 2. The highest BCUT2D eigenvalue weighted by atomic mass is 19.4. The molecular weight excluding hydrogens is 389 g/mol. The Morgan fingerprint density at radius 1 is 1.21 bits per heavy atom. The topological polar surface area (TPSA) is 59.1 Å². The van der Waals surface area contributed by atoms with Gasteiger partial charge in [-0.15, -0.1) is 0 Å². The van der Waals surface area contributed by atoms with Gasteiger partial charge in [-0.2, -0.15) is 13.2 Å². The Labute approximate surface area is 168 Å². The van der Waals surface area contributed by atoms with Crippen LogP contribution in [-0.4, -0.2) is 72.3 Å². The van der Waals surface area contributed by atoms with E-state index in [2.05, 4.69) is 0 Å². The van der Waals surface area contributed by atoms with E-state index in [-0.39, 0.29) is 6.54 Å². The van der Waals surface area contributed by atoms with E-state index in [1.165, 1.54) is 0 Å². The number of amides is 1. The van der Waals surface area contributed by atoms with E-state index in [0.717, 1.165) is 5.56 Å². The molecule has 1 aromatic rings. The molecule has 1 aromatic carbocycles. The van der Waals surface area contributed by atoms with Crippen molar-refractivity contribution in [3.05, 3.63) is 35.9 Å². The lowest BCUT2D eigenvalue weighted by Gasteiger charge is -2.36. The van der Waals surface area contributed by atoms with E-state index in [9.17, 15) is 22.8 Å². The van der Waals surface area contributed by atoms with E-state index < -0.39 is 36.3 Å². The molecule has 0 N–H and O–H groups in total. The van der Waals surface area contributed by atoms with Crippen molar-refractivity contribution in [1.29, 1.82) is 0 Å². The second-order valence-electron chi connectivity index (χ2n) is 7.98. The molecule has 6 nitrogen and oxygen atoms in total. The first-order chi connectivity index (χ1) is 13.4. The van der Waals surface area contributed by atoms with Crippen LogP contribution < -0.4 is 0 Å². The normalized spacial score (nSPS) is 18.3. The van der Waals surface area contributed by atoms with Crippen molar-refractivity contribution in [2.45, 2.75) is 45.2 Å². The summed E-state index contributed by atoms with van der Waals surface area (Å²) >= 11 is 0. The van der Waals surface area contributed by atoms with Gasteiger partial charge in [0.15, 0.2) is 0 Å². The maximum atomic E-state index is 13.0. The second-order valence-corrected chi connectivity index (χ2v) is 7.98. The highest BCUT2D eigenvalue weighted by molar-refractivity contribution is 5.86. The summed E-state index contributed by atoms with van der Waals surface area (Å²) in [6.07, 6.45) is -5.72. The van der Waals surface area contributed by atoms with Crippen molar-refractivity contribution in [3.8, 4) is 0 Å². The lowest BCUT2D eigenvalue weighted by molar-refractivity contribution is -0.190. The summed E-state index contributed by atoms with van der Waals surface area (Å²) in [6, 6.07) is 9.66. The number of nitrogens with zero attached hydrogens (tertiary/aromatic N) is 2. The molecule has 0 radical (unpaired) electrons. The summed E-state index contributed by atoms with van der Waals surface area (Å²) in [6.45, 7) is 5.62. The van der Waals surface area contributed by atoms with Crippen molar-refractivity contribution in [2.75, 3.05) is 32.8 Å². The minimum atomic E-state index is -5.08. The van der Waals surface area contributed by atoms with Crippen LogP contribution in [0.25, 0.3) is 0 Å². The molecule has 1 heterocycles. The average Bonchev–Trinajstić information content (AvgIpc) is 2.59.